The summed E-state index contributed by atoms with van der Waals surface area (Å²) in [6.07, 6.45) is 11.6. The number of aromatic nitrogens is 5. The predicted molar refractivity (Wildman–Crippen MR) is 244 cm³/mol. The number of ether oxygens (including phenoxy) is 2. The van der Waals surface area contributed by atoms with E-state index in [9.17, 15) is 28.8 Å². The Balaban J connectivity index is 0.751. The van der Waals surface area contributed by atoms with Crippen LogP contribution in [-0.4, -0.2) is 115 Å². The van der Waals surface area contributed by atoms with Gasteiger partial charge in [0.2, 0.25) is 23.7 Å². The van der Waals surface area contributed by atoms with Gasteiger partial charge in [0.05, 0.1) is 42.8 Å². The average molecular weight is 916 g/mol. The van der Waals surface area contributed by atoms with Crippen LogP contribution in [0.4, 0.5) is 17.5 Å². The van der Waals surface area contributed by atoms with Gasteiger partial charge in [0, 0.05) is 44.1 Å². The molecule has 67 heavy (non-hydrogen) atoms. The van der Waals surface area contributed by atoms with E-state index in [1.54, 1.807) is 37.4 Å². The Morgan fingerprint density at radius 1 is 0.925 bits per heavy atom. The summed E-state index contributed by atoms with van der Waals surface area (Å²) < 4.78 is 13.8. The number of likely N-dealkylation sites (tertiary alicyclic amines) is 1. The highest BCUT2D eigenvalue weighted by Crippen LogP contribution is 2.41. The van der Waals surface area contributed by atoms with Gasteiger partial charge in [-0.25, -0.2) is 4.98 Å². The fourth-order valence-corrected chi connectivity index (χ4v) is 10.2. The van der Waals surface area contributed by atoms with E-state index in [1.807, 2.05) is 18.0 Å². The first kappa shape index (κ1) is 45.2. The molecule has 0 radical (unpaired) electrons. The number of hydrogen-bond donors (Lipinski definition) is 3. The molecular weight excluding hydrogens is 859 g/mol. The number of carbonyl (C=O) groups excluding carboxylic acids is 6. The van der Waals surface area contributed by atoms with Gasteiger partial charge in [0.15, 0.2) is 11.6 Å². The Morgan fingerprint density at radius 2 is 1.73 bits per heavy atom. The van der Waals surface area contributed by atoms with Crippen molar-refractivity contribution < 1.29 is 38.2 Å². The van der Waals surface area contributed by atoms with Crippen LogP contribution in [0.5, 0.6) is 11.5 Å². The van der Waals surface area contributed by atoms with Gasteiger partial charge in [-0.05, 0) is 94.5 Å². The number of nitrogens with zero attached hydrogens (tertiary/aromatic N) is 8. The van der Waals surface area contributed by atoms with Gasteiger partial charge in [-0.2, -0.15) is 4.98 Å². The first-order valence-electron chi connectivity index (χ1n) is 23.6. The monoisotopic (exact) mass is 915 g/mol. The molecule has 6 amide bonds. The first-order valence-corrected chi connectivity index (χ1v) is 23.6. The lowest BCUT2D eigenvalue weighted by Gasteiger charge is -2.39. The van der Waals surface area contributed by atoms with Crippen LogP contribution in [0.3, 0.4) is 0 Å². The van der Waals surface area contributed by atoms with Gasteiger partial charge in [-0.3, -0.25) is 43.6 Å². The van der Waals surface area contributed by atoms with Crippen molar-refractivity contribution in [2.45, 2.75) is 115 Å². The highest BCUT2D eigenvalue weighted by atomic mass is 16.5. The van der Waals surface area contributed by atoms with Crippen LogP contribution in [0.1, 0.15) is 139 Å². The number of carbonyl (C=O) groups is 6. The zero-order valence-corrected chi connectivity index (χ0v) is 38.2. The lowest BCUT2D eigenvalue weighted by molar-refractivity contribution is -0.136. The lowest BCUT2D eigenvalue weighted by Crippen LogP contribution is -2.54. The Hall–Kier alpha value is -6.92. The fraction of sp³-hybridized carbons (Fsp3) is 0.500. The molecule has 2 aromatic carbocycles. The average Bonchev–Trinajstić information content (AvgIpc) is 3.84. The normalized spacial score (nSPS) is 19.7. The van der Waals surface area contributed by atoms with Crippen LogP contribution in [0, 0.1) is 12.8 Å². The zero-order valence-electron chi connectivity index (χ0n) is 38.2. The molecule has 9 rings (SSSR count). The second kappa shape index (κ2) is 19.5. The van der Waals surface area contributed by atoms with Gasteiger partial charge in [-0.15, -0.1) is 10.2 Å². The van der Waals surface area contributed by atoms with Crippen LogP contribution in [0.25, 0.3) is 5.69 Å². The molecule has 0 spiro atoms. The summed E-state index contributed by atoms with van der Waals surface area (Å²) in [5.41, 5.74) is 2.16. The Labute approximate surface area is 388 Å². The molecule has 3 N–H and O–H groups in total. The second-order valence-electron chi connectivity index (χ2n) is 18.0. The van der Waals surface area contributed by atoms with Crippen molar-refractivity contribution in [3.05, 3.63) is 70.9 Å². The van der Waals surface area contributed by atoms with Crippen LogP contribution >= 0.6 is 0 Å². The van der Waals surface area contributed by atoms with E-state index in [0.717, 1.165) is 41.0 Å². The molecular formula is C48H57N11O8. The number of methoxy groups -OCH3 is 1. The number of imide groups is 2. The van der Waals surface area contributed by atoms with E-state index in [4.69, 9.17) is 19.4 Å². The molecule has 4 aromatic rings. The van der Waals surface area contributed by atoms with Gasteiger partial charge >= 0.3 is 0 Å². The number of fused-ring (bicyclic) bond motifs is 4. The molecule has 0 bridgehead atoms. The Bertz CT molecular complexity index is 2580. The molecule has 1 saturated carbocycles. The van der Waals surface area contributed by atoms with E-state index in [2.05, 4.69) is 42.5 Å². The molecule has 6 heterocycles. The van der Waals surface area contributed by atoms with Crippen molar-refractivity contribution in [3.8, 4) is 17.2 Å². The molecule has 5 aliphatic rings. The third kappa shape index (κ3) is 9.15. The summed E-state index contributed by atoms with van der Waals surface area (Å²) in [6, 6.07) is 8.84. The number of amides is 6. The fourth-order valence-electron chi connectivity index (χ4n) is 10.2. The van der Waals surface area contributed by atoms with Gasteiger partial charge < -0.3 is 29.9 Å². The third-order valence-electron chi connectivity index (χ3n) is 13.7. The van der Waals surface area contributed by atoms with E-state index in [0.29, 0.717) is 74.1 Å². The second-order valence-corrected chi connectivity index (χ2v) is 18.0. The van der Waals surface area contributed by atoms with Crippen molar-refractivity contribution in [1.82, 2.24) is 45.2 Å². The third-order valence-corrected chi connectivity index (χ3v) is 13.7. The molecule has 4 aliphatic heterocycles. The molecule has 1 unspecified atom stereocenters. The quantitative estimate of drug-likeness (QED) is 0.101. The number of aryl methyl sites for hydroxylation is 1. The molecule has 2 atom stereocenters. The minimum Gasteiger partial charge on any atom is -0.495 e. The van der Waals surface area contributed by atoms with Crippen molar-refractivity contribution in [2.75, 3.05) is 43.6 Å². The number of anilines is 3. The molecule has 352 valence electrons. The number of piperidine rings is 2. The van der Waals surface area contributed by atoms with Gasteiger partial charge in [0.1, 0.15) is 29.1 Å². The largest absolute Gasteiger partial charge is 0.495 e. The SMILES string of the molecule is CC[C@@H]1c2nnc(C)n2-c2cnc(Nc3ccc(C(=O)NC4CCN(C(=O)CCCCOc5cccc6c5C(=O)N(C5CCC(=O)NC5=O)C6=O)CC4)cc3OC)nc2N1CC1CCCCC1. The van der Waals surface area contributed by atoms with Crippen molar-refractivity contribution in [2.24, 2.45) is 5.92 Å². The number of nitrogens with one attached hydrogen (secondary N) is 3. The van der Waals surface area contributed by atoms with Crippen LogP contribution in [0.15, 0.2) is 42.6 Å². The van der Waals surface area contributed by atoms with Crippen LogP contribution in [0.2, 0.25) is 0 Å². The maximum Gasteiger partial charge on any atom is 0.266 e. The van der Waals surface area contributed by atoms with Crippen molar-refractivity contribution in [3.63, 3.8) is 0 Å². The summed E-state index contributed by atoms with van der Waals surface area (Å²) in [6.45, 7) is 6.25. The molecule has 2 saturated heterocycles. The Kier molecular flexibility index (Phi) is 13.2. The number of unbranched alkanes of at least 4 members (excludes halogenated alkanes) is 1. The van der Waals surface area contributed by atoms with Gasteiger partial charge in [-0.1, -0.05) is 32.3 Å². The molecule has 3 fully saturated rings. The summed E-state index contributed by atoms with van der Waals surface area (Å²) in [5.74, 6) is 1.68. The summed E-state index contributed by atoms with van der Waals surface area (Å²) in [4.78, 5) is 92.1. The van der Waals surface area contributed by atoms with E-state index in [1.165, 1.54) is 38.2 Å². The maximum atomic E-state index is 13.5. The Morgan fingerprint density at radius 3 is 2.49 bits per heavy atom. The predicted octanol–water partition coefficient (Wildman–Crippen LogP) is 5.34. The van der Waals surface area contributed by atoms with E-state index in [-0.39, 0.29) is 60.2 Å². The maximum absolute atomic E-state index is 13.5. The summed E-state index contributed by atoms with van der Waals surface area (Å²) in [7, 11) is 1.56. The zero-order chi connectivity index (χ0) is 46.8. The van der Waals surface area contributed by atoms with Gasteiger partial charge in [0.25, 0.3) is 17.7 Å². The van der Waals surface area contributed by atoms with Crippen molar-refractivity contribution >= 4 is 52.9 Å². The summed E-state index contributed by atoms with van der Waals surface area (Å²) >= 11 is 0. The lowest BCUT2D eigenvalue weighted by atomic mass is 9.88. The molecule has 19 nitrogen and oxygen atoms in total. The molecule has 1 aliphatic carbocycles. The summed E-state index contributed by atoms with van der Waals surface area (Å²) in [5, 5.41) is 17.7. The smallest absolute Gasteiger partial charge is 0.266 e. The van der Waals surface area contributed by atoms with Crippen LogP contribution < -0.4 is 30.3 Å². The van der Waals surface area contributed by atoms with Crippen LogP contribution in [-0.2, 0) is 14.4 Å². The van der Waals surface area contributed by atoms with Crippen molar-refractivity contribution in [1.29, 1.82) is 0 Å². The van der Waals surface area contributed by atoms with E-state index >= 15 is 0 Å². The number of rotatable bonds is 15. The first-order chi connectivity index (χ1) is 32.5. The standard InChI is InChI=1S/C48H57N11O8/c1-4-34-43-55-54-28(2)58(43)36-26-49-48(53-42(36)57(34)27-29-11-6-5-7-12-29)51-33-17-16-30(25-38(33)66-3)44(62)50-31-20-22-56(23-21-31)40(61)15-8-9-24-67-37-14-10-13-32-41(37)47(65)59(46(32)64)35-18-19-39(60)52-45(35)63/h10,13-14,16-17,25-26,29,31,34-35H,4-9,11-12,15,18-24,27H2,1-3H3,(H,50,62)(H,49,51,53)(H,52,60,63)/t34-,35?/m1/s1. The topological polar surface area (TPSA) is 223 Å². The minimum absolute atomic E-state index is 0.0162. The molecule has 2 aromatic heterocycles. The molecule has 19 heteroatoms. The number of hydrogen-bond acceptors (Lipinski definition) is 14. The highest BCUT2D eigenvalue weighted by molar-refractivity contribution is 6.24. The van der Waals surface area contributed by atoms with E-state index < -0.39 is 29.7 Å². The number of benzene rings is 2. The highest BCUT2D eigenvalue weighted by Gasteiger charge is 2.46. The minimum atomic E-state index is -1.06.